The zero-order valence-corrected chi connectivity index (χ0v) is 10.3. The Morgan fingerprint density at radius 1 is 1.44 bits per heavy atom. The van der Waals surface area contributed by atoms with Crippen molar-refractivity contribution < 1.29 is 4.74 Å². The molecule has 2 rings (SSSR count). The summed E-state index contributed by atoms with van der Waals surface area (Å²) in [6.07, 6.45) is 3.96. The SMILES string of the molecule is CC(Oc1cccc(Cl)c1)C1CCCCN1. The zero-order valence-electron chi connectivity index (χ0n) is 9.58. The second-order valence-corrected chi connectivity index (χ2v) is 4.77. The van der Waals surface area contributed by atoms with Crippen LogP contribution in [-0.2, 0) is 0 Å². The summed E-state index contributed by atoms with van der Waals surface area (Å²) in [7, 11) is 0. The van der Waals surface area contributed by atoms with Gasteiger partial charge in [-0.15, -0.1) is 0 Å². The third-order valence-electron chi connectivity index (χ3n) is 3.03. The van der Waals surface area contributed by atoms with E-state index in [-0.39, 0.29) is 6.10 Å². The van der Waals surface area contributed by atoms with Crippen molar-refractivity contribution in [1.29, 1.82) is 0 Å². The molecule has 1 aromatic carbocycles. The van der Waals surface area contributed by atoms with Crippen LogP contribution in [0.2, 0.25) is 5.02 Å². The van der Waals surface area contributed by atoms with Gasteiger partial charge < -0.3 is 10.1 Å². The smallest absolute Gasteiger partial charge is 0.121 e. The van der Waals surface area contributed by atoms with Gasteiger partial charge in [-0.05, 0) is 44.5 Å². The summed E-state index contributed by atoms with van der Waals surface area (Å²) in [6.45, 7) is 3.22. The number of rotatable bonds is 3. The first-order chi connectivity index (χ1) is 7.75. The summed E-state index contributed by atoms with van der Waals surface area (Å²) in [5.41, 5.74) is 0. The molecule has 1 N–H and O–H groups in total. The Hall–Kier alpha value is -0.730. The predicted molar refractivity (Wildman–Crippen MR) is 67.2 cm³/mol. The molecule has 0 aromatic heterocycles. The molecule has 1 aromatic rings. The molecule has 1 fully saturated rings. The quantitative estimate of drug-likeness (QED) is 0.875. The normalized spacial score (nSPS) is 22.8. The lowest BCUT2D eigenvalue weighted by Gasteiger charge is -2.29. The van der Waals surface area contributed by atoms with Gasteiger partial charge in [0.2, 0.25) is 0 Å². The van der Waals surface area contributed by atoms with Crippen molar-refractivity contribution in [2.24, 2.45) is 0 Å². The monoisotopic (exact) mass is 239 g/mol. The number of hydrogen-bond donors (Lipinski definition) is 1. The fraction of sp³-hybridized carbons (Fsp3) is 0.538. The van der Waals surface area contributed by atoms with E-state index in [9.17, 15) is 0 Å². The van der Waals surface area contributed by atoms with Crippen molar-refractivity contribution in [2.45, 2.75) is 38.3 Å². The van der Waals surface area contributed by atoms with E-state index in [0.717, 1.165) is 17.3 Å². The fourth-order valence-corrected chi connectivity index (χ4v) is 2.30. The van der Waals surface area contributed by atoms with E-state index in [4.69, 9.17) is 16.3 Å². The summed E-state index contributed by atoms with van der Waals surface area (Å²) in [5.74, 6) is 0.854. The van der Waals surface area contributed by atoms with Crippen LogP contribution in [0.5, 0.6) is 5.75 Å². The van der Waals surface area contributed by atoms with E-state index in [1.165, 1.54) is 19.3 Å². The maximum atomic E-state index is 5.92. The molecule has 2 nitrogen and oxygen atoms in total. The fourth-order valence-electron chi connectivity index (χ4n) is 2.12. The molecule has 16 heavy (non-hydrogen) atoms. The molecule has 1 aliphatic heterocycles. The van der Waals surface area contributed by atoms with Crippen molar-refractivity contribution in [3.8, 4) is 5.75 Å². The highest BCUT2D eigenvalue weighted by molar-refractivity contribution is 6.30. The third kappa shape index (κ3) is 3.13. The van der Waals surface area contributed by atoms with Crippen molar-refractivity contribution in [3.05, 3.63) is 29.3 Å². The maximum absolute atomic E-state index is 5.92. The van der Waals surface area contributed by atoms with E-state index in [1.807, 2.05) is 24.3 Å². The minimum Gasteiger partial charge on any atom is -0.489 e. The number of hydrogen-bond acceptors (Lipinski definition) is 2. The zero-order chi connectivity index (χ0) is 11.4. The molecule has 0 amide bonds. The molecule has 2 unspecified atom stereocenters. The van der Waals surface area contributed by atoms with Gasteiger partial charge in [-0.1, -0.05) is 24.1 Å². The van der Waals surface area contributed by atoms with Crippen molar-refractivity contribution in [2.75, 3.05) is 6.54 Å². The Kier molecular flexibility index (Phi) is 4.08. The lowest BCUT2D eigenvalue weighted by Crippen LogP contribution is -2.44. The van der Waals surface area contributed by atoms with Crippen LogP contribution in [0.4, 0.5) is 0 Å². The van der Waals surface area contributed by atoms with Gasteiger partial charge >= 0.3 is 0 Å². The van der Waals surface area contributed by atoms with E-state index in [2.05, 4.69) is 12.2 Å². The molecule has 1 aliphatic rings. The van der Waals surface area contributed by atoms with Crippen molar-refractivity contribution >= 4 is 11.6 Å². The molecule has 1 heterocycles. The number of nitrogens with one attached hydrogen (secondary N) is 1. The minimum atomic E-state index is 0.193. The lowest BCUT2D eigenvalue weighted by molar-refractivity contribution is 0.152. The Morgan fingerprint density at radius 3 is 3.00 bits per heavy atom. The summed E-state index contributed by atoms with van der Waals surface area (Å²) in [5, 5.41) is 4.22. The molecule has 88 valence electrons. The van der Waals surface area contributed by atoms with Crippen LogP contribution in [0.3, 0.4) is 0 Å². The average molecular weight is 240 g/mol. The largest absolute Gasteiger partial charge is 0.489 e. The van der Waals surface area contributed by atoms with E-state index in [0.29, 0.717) is 6.04 Å². The van der Waals surface area contributed by atoms with Gasteiger partial charge in [0.25, 0.3) is 0 Å². The predicted octanol–water partition coefficient (Wildman–Crippen LogP) is 3.25. The standard InChI is InChI=1S/C13H18ClNO/c1-10(13-7-2-3-8-15-13)16-12-6-4-5-11(14)9-12/h4-6,9-10,13,15H,2-3,7-8H2,1H3. The Morgan fingerprint density at radius 2 is 2.31 bits per heavy atom. The van der Waals surface area contributed by atoms with Crippen LogP contribution in [0.1, 0.15) is 26.2 Å². The van der Waals surface area contributed by atoms with Crippen molar-refractivity contribution in [1.82, 2.24) is 5.32 Å². The third-order valence-corrected chi connectivity index (χ3v) is 3.27. The molecule has 0 bridgehead atoms. The summed E-state index contributed by atoms with van der Waals surface area (Å²) in [4.78, 5) is 0. The molecular weight excluding hydrogens is 222 g/mol. The maximum Gasteiger partial charge on any atom is 0.121 e. The average Bonchev–Trinajstić information content (AvgIpc) is 2.30. The summed E-state index contributed by atoms with van der Waals surface area (Å²) >= 11 is 5.92. The molecule has 0 aliphatic carbocycles. The summed E-state index contributed by atoms with van der Waals surface area (Å²) in [6, 6.07) is 8.05. The highest BCUT2D eigenvalue weighted by Gasteiger charge is 2.20. The number of benzene rings is 1. The Bertz CT molecular complexity index is 336. The molecule has 2 atom stereocenters. The molecular formula is C13H18ClNO. The van der Waals surface area contributed by atoms with Crippen LogP contribution in [0.25, 0.3) is 0 Å². The topological polar surface area (TPSA) is 21.3 Å². The van der Waals surface area contributed by atoms with Crippen LogP contribution >= 0.6 is 11.6 Å². The Balaban J connectivity index is 1.93. The molecule has 0 saturated carbocycles. The Labute approximate surface area is 102 Å². The van der Waals surface area contributed by atoms with Gasteiger partial charge in [-0.2, -0.15) is 0 Å². The van der Waals surface area contributed by atoms with E-state index in [1.54, 1.807) is 0 Å². The van der Waals surface area contributed by atoms with Crippen molar-refractivity contribution in [3.63, 3.8) is 0 Å². The number of ether oxygens (including phenoxy) is 1. The van der Waals surface area contributed by atoms with Gasteiger partial charge in [-0.25, -0.2) is 0 Å². The van der Waals surface area contributed by atoms with Crippen LogP contribution in [0.15, 0.2) is 24.3 Å². The van der Waals surface area contributed by atoms with Gasteiger partial charge in [-0.3, -0.25) is 0 Å². The molecule has 1 saturated heterocycles. The second kappa shape index (κ2) is 5.55. The number of halogens is 1. The van der Waals surface area contributed by atoms with Crippen LogP contribution in [0, 0.1) is 0 Å². The highest BCUT2D eigenvalue weighted by atomic mass is 35.5. The number of piperidine rings is 1. The van der Waals surface area contributed by atoms with Gasteiger partial charge in [0.15, 0.2) is 0 Å². The molecule has 3 heteroatoms. The molecule has 0 radical (unpaired) electrons. The van der Waals surface area contributed by atoms with Gasteiger partial charge in [0, 0.05) is 11.1 Å². The first-order valence-electron chi connectivity index (χ1n) is 5.91. The van der Waals surface area contributed by atoms with E-state index < -0.39 is 0 Å². The second-order valence-electron chi connectivity index (χ2n) is 4.34. The lowest BCUT2D eigenvalue weighted by atomic mass is 10.0. The molecule has 0 spiro atoms. The van der Waals surface area contributed by atoms with Crippen LogP contribution in [-0.4, -0.2) is 18.7 Å². The van der Waals surface area contributed by atoms with E-state index >= 15 is 0 Å². The van der Waals surface area contributed by atoms with Gasteiger partial charge in [0.1, 0.15) is 11.9 Å². The highest BCUT2D eigenvalue weighted by Crippen LogP contribution is 2.20. The van der Waals surface area contributed by atoms with Crippen LogP contribution < -0.4 is 10.1 Å². The first-order valence-corrected chi connectivity index (χ1v) is 6.29. The minimum absolute atomic E-state index is 0.193. The first kappa shape index (κ1) is 11.7. The van der Waals surface area contributed by atoms with Gasteiger partial charge in [0.05, 0.1) is 0 Å². The summed E-state index contributed by atoms with van der Waals surface area (Å²) < 4.78 is 5.89.